The van der Waals surface area contributed by atoms with Crippen molar-refractivity contribution in [2.45, 2.75) is 45.6 Å². The highest BCUT2D eigenvalue weighted by Gasteiger charge is 2.57. The zero-order valence-corrected chi connectivity index (χ0v) is 21.3. The second-order valence-electron chi connectivity index (χ2n) is 10.4. The Kier molecular flexibility index (Phi) is 6.29. The highest BCUT2D eigenvalue weighted by atomic mass is 16.5. The molecule has 1 aromatic heterocycles. The maximum Gasteiger partial charge on any atom is 0.377 e. The smallest absolute Gasteiger partial charge is 0.377 e. The predicted octanol–water partition coefficient (Wildman–Crippen LogP) is 3.81. The predicted molar refractivity (Wildman–Crippen MR) is 137 cm³/mol. The van der Waals surface area contributed by atoms with Crippen LogP contribution in [0.3, 0.4) is 0 Å². The van der Waals surface area contributed by atoms with Crippen LogP contribution in [0.25, 0.3) is 11.3 Å². The van der Waals surface area contributed by atoms with Crippen molar-refractivity contribution in [1.82, 2.24) is 10.3 Å². The van der Waals surface area contributed by atoms with E-state index in [1.165, 1.54) is 19.2 Å². The van der Waals surface area contributed by atoms with Gasteiger partial charge < -0.3 is 15.2 Å². The molecule has 37 heavy (non-hydrogen) atoms. The lowest BCUT2D eigenvalue weighted by molar-refractivity contribution is -0.833. The van der Waals surface area contributed by atoms with Crippen molar-refractivity contribution in [2.24, 2.45) is 10.5 Å². The summed E-state index contributed by atoms with van der Waals surface area (Å²) < 4.78 is 4.99. The van der Waals surface area contributed by atoms with Crippen LogP contribution in [-0.2, 0) is 4.79 Å². The molecule has 1 unspecified atom stereocenters. The van der Waals surface area contributed by atoms with Gasteiger partial charge in [0.05, 0.1) is 30.1 Å². The van der Waals surface area contributed by atoms with Gasteiger partial charge >= 0.3 is 11.9 Å². The molecule has 9 nitrogen and oxygen atoms in total. The second-order valence-corrected chi connectivity index (χ2v) is 10.4. The molecule has 5 rings (SSSR count). The summed E-state index contributed by atoms with van der Waals surface area (Å²) in [6.07, 6.45) is 4.78. The summed E-state index contributed by atoms with van der Waals surface area (Å²) in [5.74, 6) is -1.11. The normalized spacial score (nSPS) is 22.4. The number of piperidine rings is 1. The summed E-state index contributed by atoms with van der Waals surface area (Å²) in [4.78, 5) is 43.7. The minimum Gasteiger partial charge on any atom is -0.481 e. The minimum absolute atomic E-state index is 0.00629. The van der Waals surface area contributed by atoms with Crippen molar-refractivity contribution >= 4 is 23.9 Å². The average Bonchev–Trinajstić information content (AvgIpc) is 3.29. The lowest BCUT2D eigenvalue weighted by Gasteiger charge is -2.41. The first-order chi connectivity index (χ1) is 17.7. The standard InChI is InChI=1S/C28H30N4O5/c1-17(2)32(25-21(16-30-32)14-28(15-23(25)33)8-10-29-11-9-28)26(34)20-12-22(31-24(13-20)37-3)18-4-6-19(7-5-18)27(35)36/h4-7,12-13,16-17,29H,8-11,14-15H2,1-3H3/p+1. The number of amides is 1. The lowest BCUT2D eigenvalue weighted by Crippen LogP contribution is -2.54. The van der Waals surface area contributed by atoms with Crippen LogP contribution in [-0.4, -0.2) is 64.8 Å². The molecule has 0 radical (unpaired) electrons. The van der Waals surface area contributed by atoms with Gasteiger partial charge in [-0.25, -0.2) is 14.6 Å². The number of pyridine rings is 1. The number of carbonyl (C=O) groups is 3. The van der Waals surface area contributed by atoms with Crippen LogP contribution in [0.5, 0.6) is 5.88 Å². The molecule has 2 N–H and O–H groups in total. The molecule has 1 amide bonds. The summed E-state index contributed by atoms with van der Waals surface area (Å²) >= 11 is 0. The van der Waals surface area contributed by atoms with E-state index in [0.29, 0.717) is 28.9 Å². The number of Topliss-reactive ketones (excluding diaryl/α,β-unsaturated/α-hetero) is 1. The number of allylic oxidation sites excluding steroid dienone is 2. The molecular formula is C28H31N4O5+. The third-order valence-corrected chi connectivity index (χ3v) is 7.81. The van der Waals surface area contributed by atoms with E-state index in [1.54, 1.807) is 30.5 Å². The van der Waals surface area contributed by atoms with Crippen LogP contribution >= 0.6 is 0 Å². The van der Waals surface area contributed by atoms with Gasteiger partial charge in [0.2, 0.25) is 17.4 Å². The molecule has 3 aliphatic rings. The number of ketones is 1. The number of methoxy groups -OCH3 is 1. The third kappa shape index (κ3) is 4.18. The molecule has 3 heterocycles. The molecule has 2 aliphatic heterocycles. The van der Waals surface area contributed by atoms with Gasteiger partial charge in [0, 0.05) is 23.6 Å². The number of hydrogen-bond donors (Lipinski definition) is 2. The summed E-state index contributed by atoms with van der Waals surface area (Å²) in [5.41, 5.74) is 2.85. The maximum atomic E-state index is 14.3. The summed E-state index contributed by atoms with van der Waals surface area (Å²) in [6, 6.07) is 9.17. The number of carboxylic acids is 1. The van der Waals surface area contributed by atoms with E-state index in [1.807, 2.05) is 13.8 Å². The summed E-state index contributed by atoms with van der Waals surface area (Å²) in [6.45, 7) is 5.58. The Balaban J connectivity index is 1.57. The number of aromatic carboxylic acids is 1. The number of aromatic nitrogens is 1. The van der Waals surface area contributed by atoms with Crippen molar-refractivity contribution < 1.29 is 28.8 Å². The number of rotatable bonds is 5. The van der Waals surface area contributed by atoms with Crippen LogP contribution < -0.4 is 10.1 Å². The largest absolute Gasteiger partial charge is 0.481 e. The minimum atomic E-state index is -1.02. The Morgan fingerprint density at radius 1 is 1.08 bits per heavy atom. The van der Waals surface area contributed by atoms with Crippen LogP contribution in [0, 0.1) is 5.41 Å². The number of quaternary nitrogens is 1. The molecule has 1 aliphatic carbocycles. The van der Waals surface area contributed by atoms with E-state index in [4.69, 9.17) is 9.84 Å². The van der Waals surface area contributed by atoms with Gasteiger partial charge in [-0.1, -0.05) is 21.8 Å². The SMILES string of the molecule is COc1cc(C(=O)[N+]2(C(C)C)N=CC3=C2C(=O)CC2(CCNCC2)C3)cc(-c2ccc(C(=O)O)cc2)n1. The van der Waals surface area contributed by atoms with Gasteiger partial charge in [-0.2, -0.15) is 0 Å². The first-order valence-corrected chi connectivity index (χ1v) is 12.6. The molecule has 1 spiro atoms. The van der Waals surface area contributed by atoms with Gasteiger partial charge in [0.1, 0.15) is 6.04 Å². The topological polar surface area (TPSA) is 118 Å². The van der Waals surface area contributed by atoms with Gasteiger partial charge in [-0.05, 0) is 69.8 Å². The van der Waals surface area contributed by atoms with E-state index < -0.39 is 10.6 Å². The quantitative estimate of drug-likeness (QED) is 0.596. The zero-order valence-electron chi connectivity index (χ0n) is 21.3. The van der Waals surface area contributed by atoms with Crippen LogP contribution in [0.4, 0.5) is 0 Å². The first kappa shape index (κ1) is 25.0. The van der Waals surface area contributed by atoms with Gasteiger partial charge in [0.25, 0.3) is 0 Å². The van der Waals surface area contributed by atoms with Crippen molar-refractivity contribution in [3.63, 3.8) is 0 Å². The summed E-state index contributed by atoms with van der Waals surface area (Å²) in [5, 5.41) is 17.3. The highest BCUT2D eigenvalue weighted by molar-refractivity contribution is 6.06. The fourth-order valence-corrected chi connectivity index (χ4v) is 5.84. The Morgan fingerprint density at radius 2 is 1.78 bits per heavy atom. The molecule has 2 aromatic rings. The zero-order chi connectivity index (χ0) is 26.4. The number of nitrogens with one attached hydrogen (secondary N) is 1. The number of carbonyl (C=O) groups excluding carboxylic acids is 2. The Labute approximate surface area is 215 Å². The van der Waals surface area contributed by atoms with E-state index >= 15 is 0 Å². The molecule has 1 aromatic carbocycles. The van der Waals surface area contributed by atoms with Crippen molar-refractivity contribution in [3.05, 3.63) is 58.8 Å². The number of benzene rings is 1. The fourth-order valence-electron chi connectivity index (χ4n) is 5.84. The molecule has 192 valence electrons. The third-order valence-electron chi connectivity index (χ3n) is 7.81. The second kappa shape index (κ2) is 9.32. The maximum absolute atomic E-state index is 14.3. The number of ether oxygens (including phenoxy) is 1. The molecule has 1 saturated heterocycles. The molecule has 0 saturated carbocycles. The monoisotopic (exact) mass is 503 g/mol. The first-order valence-electron chi connectivity index (χ1n) is 12.6. The highest BCUT2D eigenvalue weighted by Crippen LogP contribution is 2.49. The lowest BCUT2D eigenvalue weighted by atomic mass is 9.67. The van der Waals surface area contributed by atoms with E-state index in [0.717, 1.165) is 37.9 Å². The van der Waals surface area contributed by atoms with Gasteiger partial charge in [0.15, 0.2) is 0 Å². The van der Waals surface area contributed by atoms with Crippen molar-refractivity contribution in [1.29, 1.82) is 0 Å². The molecule has 1 fully saturated rings. The molecular weight excluding hydrogens is 472 g/mol. The van der Waals surface area contributed by atoms with E-state index in [-0.39, 0.29) is 34.6 Å². The van der Waals surface area contributed by atoms with Crippen LogP contribution in [0.15, 0.2) is 52.8 Å². The Bertz CT molecular complexity index is 1340. The number of hydrogen-bond acceptors (Lipinski definition) is 7. The number of carboxylic acid groups (broad SMARTS) is 1. The van der Waals surface area contributed by atoms with Crippen LogP contribution in [0.1, 0.15) is 60.2 Å². The summed E-state index contributed by atoms with van der Waals surface area (Å²) in [7, 11) is 1.47. The van der Waals surface area contributed by atoms with E-state index in [9.17, 15) is 19.5 Å². The van der Waals surface area contributed by atoms with Gasteiger partial charge in [-0.3, -0.25) is 4.79 Å². The van der Waals surface area contributed by atoms with Gasteiger partial charge in [-0.15, -0.1) is 0 Å². The number of nitrogens with zero attached hydrogens (tertiary/aromatic N) is 3. The van der Waals surface area contributed by atoms with Crippen molar-refractivity contribution in [2.75, 3.05) is 20.2 Å². The molecule has 1 atom stereocenters. The molecule has 9 heteroatoms. The van der Waals surface area contributed by atoms with E-state index in [2.05, 4.69) is 10.3 Å². The Morgan fingerprint density at radius 3 is 2.41 bits per heavy atom. The fraction of sp³-hybridized carbons (Fsp3) is 0.393. The van der Waals surface area contributed by atoms with Crippen molar-refractivity contribution in [3.8, 4) is 17.1 Å². The van der Waals surface area contributed by atoms with Crippen LogP contribution in [0.2, 0.25) is 0 Å². The Hall–Kier alpha value is -3.69. The average molecular weight is 504 g/mol. The molecule has 0 bridgehead atoms.